The minimum absolute atomic E-state index is 0.0772. The van der Waals surface area contributed by atoms with Gasteiger partial charge in [-0.1, -0.05) is 11.6 Å². The molecule has 2 aromatic heterocycles. The van der Waals surface area contributed by atoms with Gasteiger partial charge in [0.15, 0.2) is 5.65 Å². The molecule has 6 nitrogen and oxygen atoms in total. The van der Waals surface area contributed by atoms with Gasteiger partial charge in [-0.05, 0) is 65.4 Å². The lowest BCUT2D eigenvalue weighted by molar-refractivity contribution is -0.132. The largest absolute Gasteiger partial charge is 0.368 e. The number of amides is 1. The number of pyridine rings is 1. The maximum Gasteiger partial charge on any atom is 0.244 e. The molecule has 3 heterocycles. The van der Waals surface area contributed by atoms with Gasteiger partial charge in [0.2, 0.25) is 5.91 Å². The number of carbonyl (C=O) groups is 1. The summed E-state index contributed by atoms with van der Waals surface area (Å²) in [6.07, 6.45) is 1.73. The van der Waals surface area contributed by atoms with Crippen LogP contribution in [0.25, 0.3) is 11.0 Å². The number of hydrogen-bond donors (Lipinski definition) is 0. The van der Waals surface area contributed by atoms with Crippen LogP contribution in [-0.4, -0.2) is 51.8 Å². The van der Waals surface area contributed by atoms with Gasteiger partial charge in [0, 0.05) is 43.1 Å². The van der Waals surface area contributed by atoms with E-state index in [-0.39, 0.29) is 12.5 Å². The Bertz CT molecular complexity index is 997. The summed E-state index contributed by atoms with van der Waals surface area (Å²) < 4.78 is 2.57. The number of hydrogen-bond acceptors (Lipinski definition) is 4. The molecule has 1 amide bonds. The second kappa shape index (κ2) is 7.63. The number of halogens is 2. The Balaban J connectivity index is 1.42. The molecule has 0 unspecified atom stereocenters. The van der Waals surface area contributed by atoms with Crippen LogP contribution in [0.4, 0.5) is 5.69 Å². The second-order valence-corrected chi connectivity index (χ2v) is 8.05. The first kappa shape index (κ1) is 18.5. The monoisotopic (exact) mass is 495 g/mol. The number of fused-ring (bicyclic) bond motifs is 1. The molecule has 0 radical (unpaired) electrons. The molecule has 1 saturated heterocycles. The molecule has 1 aromatic carbocycles. The molecular formula is C19H19ClIN5O. The predicted octanol–water partition coefficient (Wildman–Crippen LogP) is 3.35. The molecule has 0 N–H and O–H groups in total. The quantitative estimate of drug-likeness (QED) is 0.523. The standard InChI is InChI=1S/C19H19ClIN5O/c1-13-11-14(4-5-16(13)20)24-7-9-25(10-8-24)17(27)12-26-19-15(18(21)23-26)3-2-6-22-19/h2-6,11H,7-10,12H2,1H3. The fourth-order valence-corrected chi connectivity index (χ4v) is 4.15. The van der Waals surface area contributed by atoms with Crippen molar-refractivity contribution in [1.29, 1.82) is 0 Å². The van der Waals surface area contributed by atoms with E-state index in [0.29, 0.717) is 13.1 Å². The Morgan fingerprint density at radius 1 is 1.22 bits per heavy atom. The minimum Gasteiger partial charge on any atom is -0.368 e. The Labute approximate surface area is 176 Å². The minimum atomic E-state index is 0.0772. The maximum absolute atomic E-state index is 12.8. The number of aryl methyl sites for hydroxylation is 1. The van der Waals surface area contributed by atoms with Crippen molar-refractivity contribution < 1.29 is 4.79 Å². The van der Waals surface area contributed by atoms with Crippen molar-refractivity contribution in [3.05, 3.63) is 50.8 Å². The fraction of sp³-hybridized carbons (Fsp3) is 0.316. The molecule has 0 aliphatic carbocycles. The van der Waals surface area contributed by atoms with E-state index in [2.05, 4.69) is 43.6 Å². The van der Waals surface area contributed by atoms with Crippen LogP contribution < -0.4 is 4.90 Å². The molecule has 0 saturated carbocycles. The molecule has 4 rings (SSSR count). The first-order valence-corrected chi connectivity index (χ1v) is 10.2. The van der Waals surface area contributed by atoms with E-state index in [9.17, 15) is 4.79 Å². The number of piperazine rings is 1. The fourth-order valence-electron chi connectivity index (χ4n) is 3.35. The highest BCUT2D eigenvalue weighted by atomic mass is 127. The third-order valence-electron chi connectivity index (χ3n) is 4.89. The zero-order valence-electron chi connectivity index (χ0n) is 14.9. The molecule has 27 heavy (non-hydrogen) atoms. The van der Waals surface area contributed by atoms with Crippen LogP contribution in [0.3, 0.4) is 0 Å². The summed E-state index contributed by atoms with van der Waals surface area (Å²) in [5.74, 6) is 0.0772. The zero-order valence-corrected chi connectivity index (χ0v) is 17.8. The molecular weight excluding hydrogens is 477 g/mol. The highest BCUT2D eigenvalue weighted by molar-refractivity contribution is 14.1. The first-order chi connectivity index (χ1) is 13.0. The van der Waals surface area contributed by atoms with Crippen molar-refractivity contribution >= 4 is 56.8 Å². The van der Waals surface area contributed by atoms with Crippen molar-refractivity contribution in [1.82, 2.24) is 19.7 Å². The van der Waals surface area contributed by atoms with Crippen LogP contribution in [0.5, 0.6) is 0 Å². The SMILES string of the molecule is Cc1cc(N2CCN(C(=O)Cn3nc(I)c4cccnc43)CC2)ccc1Cl. The Morgan fingerprint density at radius 2 is 2.00 bits per heavy atom. The normalized spacial score (nSPS) is 14.8. The van der Waals surface area contributed by atoms with Gasteiger partial charge in [0.1, 0.15) is 10.2 Å². The number of anilines is 1. The average molecular weight is 496 g/mol. The van der Waals surface area contributed by atoms with Gasteiger partial charge in [-0.25, -0.2) is 9.67 Å². The summed E-state index contributed by atoms with van der Waals surface area (Å²) in [4.78, 5) is 21.3. The van der Waals surface area contributed by atoms with Crippen LogP contribution in [0, 0.1) is 10.6 Å². The van der Waals surface area contributed by atoms with E-state index < -0.39 is 0 Å². The molecule has 1 fully saturated rings. The van der Waals surface area contributed by atoms with Crippen LogP contribution in [0.2, 0.25) is 5.02 Å². The van der Waals surface area contributed by atoms with Crippen LogP contribution in [-0.2, 0) is 11.3 Å². The lowest BCUT2D eigenvalue weighted by Gasteiger charge is -2.36. The number of aromatic nitrogens is 3. The van der Waals surface area contributed by atoms with E-state index >= 15 is 0 Å². The molecule has 1 aliphatic heterocycles. The average Bonchev–Trinajstić information content (AvgIpc) is 3.00. The molecule has 0 bridgehead atoms. The van der Waals surface area contributed by atoms with Gasteiger partial charge in [-0.15, -0.1) is 0 Å². The topological polar surface area (TPSA) is 54.3 Å². The third kappa shape index (κ3) is 3.75. The van der Waals surface area contributed by atoms with E-state index in [1.165, 1.54) is 0 Å². The smallest absolute Gasteiger partial charge is 0.244 e. The number of benzene rings is 1. The van der Waals surface area contributed by atoms with Gasteiger partial charge in [0.25, 0.3) is 0 Å². The van der Waals surface area contributed by atoms with Crippen LogP contribution in [0.1, 0.15) is 5.56 Å². The number of carbonyl (C=O) groups excluding carboxylic acids is 1. The second-order valence-electron chi connectivity index (χ2n) is 6.62. The van der Waals surface area contributed by atoms with Crippen molar-refractivity contribution in [3.8, 4) is 0 Å². The highest BCUT2D eigenvalue weighted by Crippen LogP contribution is 2.24. The van der Waals surface area contributed by atoms with E-state index in [4.69, 9.17) is 11.6 Å². The summed E-state index contributed by atoms with van der Waals surface area (Å²) in [5.41, 5.74) is 2.98. The lowest BCUT2D eigenvalue weighted by Crippen LogP contribution is -2.49. The predicted molar refractivity (Wildman–Crippen MR) is 115 cm³/mol. The maximum atomic E-state index is 12.8. The zero-order chi connectivity index (χ0) is 19.0. The lowest BCUT2D eigenvalue weighted by atomic mass is 10.2. The summed E-state index contributed by atoms with van der Waals surface area (Å²) in [6.45, 7) is 5.24. The summed E-state index contributed by atoms with van der Waals surface area (Å²) in [5, 5.41) is 6.24. The first-order valence-electron chi connectivity index (χ1n) is 8.79. The van der Waals surface area contributed by atoms with Gasteiger partial charge in [-0.2, -0.15) is 5.10 Å². The molecule has 3 aromatic rings. The van der Waals surface area contributed by atoms with Crippen LogP contribution in [0.15, 0.2) is 36.5 Å². The summed E-state index contributed by atoms with van der Waals surface area (Å²) >= 11 is 8.30. The summed E-state index contributed by atoms with van der Waals surface area (Å²) in [6, 6.07) is 9.93. The van der Waals surface area contributed by atoms with Gasteiger partial charge < -0.3 is 9.80 Å². The number of rotatable bonds is 3. The Hall–Kier alpha value is -1.87. The van der Waals surface area contributed by atoms with Crippen molar-refractivity contribution in [2.75, 3.05) is 31.1 Å². The van der Waals surface area contributed by atoms with Gasteiger partial charge in [-0.3, -0.25) is 4.79 Å². The summed E-state index contributed by atoms with van der Waals surface area (Å²) in [7, 11) is 0. The number of nitrogens with zero attached hydrogens (tertiary/aromatic N) is 5. The Morgan fingerprint density at radius 3 is 2.74 bits per heavy atom. The van der Waals surface area contributed by atoms with Gasteiger partial charge >= 0.3 is 0 Å². The molecule has 1 aliphatic rings. The molecule has 8 heteroatoms. The van der Waals surface area contributed by atoms with Gasteiger partial charge in [0.05, 0.1) is 5.39 Å². The van der Waals surface area contributed by atoms with Crippen molar-refractivity contribution in [2.24, 2.45) is 0 Å². The van der Waals surface area contributed by atoms with E-state index in [1.54, 1.807) is 10.9 Å². The molecule has 0 spiro atoms. The van der Waals surface area contributed by atoms with E-state index in [1.807, 2.05) is 36.1 Å². The van der Waals surface area contributed by atoms with Crippen molar-refractivity contribution in [2.45, 2.75) is 13.5 Å². The van der Waals surface area contributed by atoms with E-state index in [0.717, 1.165) is 44.1 Å². The Kier molecular flexibility index (Phi) is 5.23. The molecule has 140 valence electrons. The van der Waals surface area contributed by atoms with Crippen LogP contribution >= 0.6 is 34.2 Å². The highest BCUT2D eigenvalue weighted by Gasteiger charge is 2.23. The molecule has 0 atom stereocenters. The third-order valence-corrected chi connectivity index (χ3v) is 6.11. The van der Waals surface area contributed by atoms with Crippen molar-refractivity contribution in [3.63, 3.8) is 0 Å².